The van der Waals surface area contributed by atoms with Gasteiger partial charge in [-0.1, -0.05) is 160 Å². The Morgan fingerprint density at radius 1 is 0.341 bits per heavy atom. The van der Waals surface area contributed by atoms with Gasteiger partial charge in [0.15, 0.2) is 0 Å². The van der Waals surface area contributed by atoms with Gasteiger partial charge in [0.25, 0.3) is 0 Å². The van der Waals surface area contributed by atoms with Crippen molar-refractivity contribution < 1.29 is 11.4 Å². The first kappa shape index (κ1) is 32.7. The van der Waals surface area contributed by atoms with Gasteiger partial charge in [0.05, 0.1) is 0 Å². The molecular formula is C34H33Cl3CrP3. The molecule has 0 radical (unpaired) electrons. The van der Waals surface area contributed by atoms with E-state index in [0.29, 0.717) is 0 Å². The Balaban J connectivity index is 0.000000909. The molecule has 0 atom stereocenters. The molecule has 0 aliphatic rings. The summed E-state index contributed by atoms with van der Waals surface area (Å²) in [6.07, 6.45) is 5.00. The van der Waals surface area contributed by atoms with E-state index in [1.165, 1.54) is 45.9 Å². The average Bonchev–Trinajstić information content (AvgIpc) is 3.02. The fraction of sp³-hybridized carbons (Fsp3) is 0.118. The maximum Gasteiger partial charge on any atom is -0.0195 e. The average molecular weight is 693 g/mol. The predicted octanol–water partition coefficient (Wildman–Crippen LogP) is 9.13. The number of hydrogen-bond acceptors (Lipinski definition) is 0. The van der Waals surface area contributed by atoms with Gasteiger partial charge in [-0.3, -0.25) is 0 Å². The molecule has 0 fully saturated rings. The molecule has 0 aliphatic heterocycles. The summed E-state index contributed by atoms with van der Waals surface area (Å²) in [5, 5.41) is 7.50. The Morgan fingerprint density at radius 2 is 0.561 bits per heavy atom. The molecule has 0 nitrogen and oxygen atoms in total. The summed E-state index contributed by atoms with van der Waals surface area (Å²) >= 11 is -1.62. The monoisotopic (exact) mass is 691 g/mol. The zero-order chi connectivity index (χ0) is 28.7. The van der Waals surface area contributed by atoms with Crippen LogP contribution in [0.4, 0.5) is 0 Å². The molecule has 41 heavy (non-hydrogen) atoms. The van der Waals surface area contributed by atoms with Crippen LogP contribution in [0, 0.1) is 0 Å². The van der Waals surface area contributed by atoms with E-state index >= 15 is 0 Å². The van der Waals surface area contributed by atoms with Crippen LogP contribution in [0.3, 0.4) is 0 Å². The number of halogens is 3. The summed E-state index contributed by atoms with van der Waals surface area (Å²) in [7, 11) is 13.8. The third-order valence-corrected chi connectivity index (χ3v) is 14.9. The topological polar surface area (TPSA) is 0 Å². The van der Waals surface area contributed by atoms with Gasteiger partial charge in [-0.25, -0.2) is 0 Å². The van der Waals surface area contributed by atoms with E-state index in [1.54, 1.807) is 5.30 Å². The molecule has 5 aromatic rings. The Labute approximate surface area is 266 Å². The van der Waals surface area contributed by atoms with Crippen LogP contribution in [0.15, 0.2) is 152 Å². The van der Waals surface area contributed by atoms with Crippen LogP contribution < -0.4 is 26.5 Å². The van der Waals surface area contributed by atoms with Crippen LogP contribution >= 0.6 is 53.9 Å². The zero-order valence-corrected chi connectivity index (χ0v) is 28.9. The van der Waals surface area contributed by atoms with Gasteiger partial charge >= 0.3 is 41.5 Å². The number of rotatable bonds is 11. The first-order valence-electron chi connectivity index (χ1n) is 13.4. The molecule has 5 rings (SSSR count). The predicted molar refractivity (Wildman–Crippen MR) is 188 cm³/mol. The largest absolute Gasteiger partial charge is 0.0746 e. The van der Waals surface area contributed by atoms with Crippen LogP contribution in [0.5, 0.6) is 0 Å². The van der Waals surface area contributed by atoms with Crippen molar-refractivity contribution in [1.82, 2.24) is 0 Å². The Kier molecular flexibility index (Phi) is 14.7. The van der Waals surface area contributed by atoms with Gasteiger partial charge in [0.2, 0.25) is 0 Å². The maximum atomic E-state index is 4.93. The molecule has 0 aliphatic carbocycles. The molecule has 0 saturated carbocycles. The molecule has 0 aromatic heterocycles. The van der Waals surface area contributed by atoms with Crippen LogP contribution in [0.2, 0.25) is 0 Å². The quantitative estimate of drug-likeness (QED) is 0.121. The summed E-state index contributed by atoms with van der Waals surface area (Å²) in [4.78, 5) is 0. The summed E-state index contributed by atoms with van der Waals surface area (Å²) in [5.74, 6) is 0. The van der Waals surface area contributed by atoms with E-state index in [0.717, 1.165) is 0 Å². The molecule has 7 heteroatoms. The van der Waals surface area contributed by atoms with Crippen LogP contribution in [0.1, 0.15) is 0 Å². The summed E-state index contributed by atoms with van der Waals surface area (Å²) in [6, 6.07) is 56.0. The maximum absolute atomic E-state index is 4.93. The van der Waals surface area contributed by atoms with E-state index in [4.69, 9.17) is 30.1 Å². The molecule has 0 spiro atoms. The Bertz CT molecular complexity index is 1210. The SMILES string of the molecule is [Cl][Cr]([Cl])[Cl].c1ccc(P(CCP(c2ccccc2)c2ccccc2)CCP(c2ccccc2)c2ccccc2)cc1. The van der Waals surface area contributed by atoms with Gasteiger partial charge in [-0.05, 0) is 67.0 Å². The standard InChI is InChI=1S/C34H33P3.3ClH.Cr/c1-6-16-30(17-7-1)35(26-28-36(31-18-8-2-9-19-31)32-20-10-3-11-21-32)27-29-37(33-22-12-4-13-23-33)34-24-14-5-15-25-34;;;;/h1-25H,26-29H2;3*1H;/q;;;;+3/p-3. The fourth-order valence-electron chi connectivity index (χ4n) is 4.70. The Morgan fingerprint density at radius 3 is 0.805 bits per heavy atom. The zero-order valence-electron chi connectivity index (χ0n) is 22.6. The van der Waals surface area contributed by atoms with Gasteiger partial charge < -0.3 is 0 Å². The van der Waals surface area contributed by atoms with E-state index in [9.17, 15) is 0 Å². The molecule has 5 aromatic carbocycles. The first-order valence-corrected chi connectivity index (χ1v) is 23.4. The smallest absolute Gasteiger partial charge is 0.0195 e. The second-order valence-corrected chi connectivity index (χ2v) is 22.6. The molecule has 0 N–H and O–H groups in total. The normalized spacial score (nSPS) is 11.1. The molecule has 0 bridgehead atoms. The molecular weight excluding hydrogens is 660 g/mol. The molecule has 0 amide bonds. The number of benzene rings is 5. The second-order valence-electron chi connectivity index (χ2n) is 9.14. The van der Waals surface area contributed by atoms with Crippen molar-refractivity contribution in [1.29, 1.82) is 0 Å². The van der Waals surface area contributed by atoms with Crippen molar-refractivity contribution in [3.05, 3.63) is 152 Å². The van der Waals surface area contributed by atoms with E-state index in [-0.39, 0.29) is 23.8 Å². The van der Waals surface area contributed by atoms with Crippen molar-refractivity contribution in [2.24, 2.45) is 0 Å². The van der Waals surface area contributed by atoms with Gasteiger partial charge in [-0.15, -0.1) is 0 Å². The molecule has 211 valence electrons. The third-order valence-electron chi connectivity index (χ3n) is 6.58. The van der Waals surface area contributed by atoms with Gasteiger partial charge in [0.1, 0.15) is 0 Å². The third kappa shape index (κ3) is 11.1. The van der Waals surface area contributed by atoms with Crippen molar-refractivity contribution in [3.8, 4) is 0 Å². The molecule has 0 saturated heterocycles. The van der Waals surface area contributed by atoms with Crippen LogP contribution in [0.25, 0.3) is 0 Å². The van der Waals surface area contributed by atoms with E-state index in [1.807, 2.05) is 0 Å². The summed E-state index contributed by atoms with van der Waals surface area (Å²) < 4.78 is 0. The summed E-state index contributed by atoms with van der Waals surface area (Å²) in [6.45, 7) is 0. The van der Waals surface area contributed by atoms with E-state index in [2.05, 4.69) is 152 Å². The number of hydrogen-bond donors (Lipinski definition) is 0. The molecule has 0 heterocycles. The minimum absolute atomic E-state index is 0.250. The van der Waals surface area contributed by atoms with Crippen molar-refractivity contribution in [3.63, 3.8) is 0 Å². The van der Waals surface area contributed by atoms with Gasteiger partial charge in [0, 0.05) is 0 Å². The van der Waals surface area contributed by atoms with Crippen molar-refractivity contribution in [2.45, 2.75) is 0 Å². The fourth-order valence-corrected chi connectivity index (χ4v) is 13.3. The van der Waals surface area contributed by atoms with Gasteiger partial charge in [-0.2, -0.15) is 0 Å². The van der Waals surface area contributed by atoms with E-state index < -0.39 is 11.4 Å². The van der Waals surface area contributed by atoms with Crippen LogP contribution in [-0.4, -0.2) is 24.6 Å². The summed E-state index contributed by atoms with van der Waals surface area (Å²) in [5.41, 5.74) is 0. The Hall–Kier alpha value is -1.21. The van der Waals surface area contributed by atoms with Crippen LogP contribution in [-0.2, 0) is 11.4 Å². The minimum Gasteiger partial charge on any atom is -0.0746 e. The second kappa shape index (κ2) is 18.5. The van der Waals surface area contributed by atoms with Crippen molar-refractivity contribution in [2.75, 3.05) is 24.6 Å². The first-order chi connectivity index (χ1) is 20.1. The minimum atomic E-state index is -1.62. The van der Waals surface area contributed by atoms with Crippen molar-refractivity contribution >= 4 is 80.4 Å². The molecule has 0 unspecified atom stereocenters.